The minimum Gasteiger partial charge on any atom is -0.480 e. The third kappa shape index (κ3) is 6.17. The van der Waals surface area contributed by atoms with Crippen molar-refractivity contribution in [3.8, 4) is 5.75 Å². The molecule has 0 radical (unpaired) electrons. The first-order valence-electron chi connectivity index (χ1n) is 8.43. The van der Waals surface area contributed by atoms with Gasteiger partial charge in [0.05, 0.1) is 5.69 Å². The summed E-state index contributed by atoms with van der Waals surface area (Å²) in [5.41, 5.74) is 0.270. The van der Waals surface area contributed by atoms with Crippen molar-refractivity contribution >= 4 is 17.7 Å². The lowest BCUT2D eigenvalue weighted by Gasteiger charge is -2.34. The molecule has 2 rings (SSSR count). The van der Waals surface area contributed by atoms with E-state index in [1.54, 1.807) is 17.0 Å². The van der Waals surface area contributed by atoms with E-state index in [4.69, 9.17) is 14.6 Å². The van der Waals surface area contributed by atoms with Crippen molar-refractivity contribution in [3.05, 3.63) is 24.3 Å². The molecule has 1 aromatic carbocycles. The van der Waals surface area contributed by atoms with Gasteiger partial charge in [0.2, 0.25) is 0 Å². The van der Waals surface area contributed by atoms with Gasteiger partial charge in [-0.15, -0.1) is 0 Å². The monoisotopic (exact) mass is 350 g/mol. The lowest BCUT2D eigenvalue weighted by molar-refractivity contribution is -0.139. The number of para-hydroxylation sites is 2. The average Bonchev–Trinajstić information content (AvgIpc) is 2.53. The summed E-state index contributed by atoms with van der Waals surface area (Å²) in [6, 6.07) is 7.45. The lowest BCUT2D eigenvalue weighted by Crippen LogP contribution is -2.44. The molecule has 1 aliphatic rings. The third-order valence-corrected chi connectivity index (χ3v) is 3.74. The molecule has 7 nitrogen and oxygen atoms in total. The van der Waals surface area contributed by atoms with Gasteiger partial charge in [0.1, 0.15) is 11.4 Å². The first-order valence-corrected chi connectivity index (χ1v) is 8.43. The topological polar surface area (TPSA) is 88.1 Å². The minimum atomic E-state index is -1.01. The summed E-state index contributed by atoms with van der Waals surface area (Å²) in [6.45, 7) is 6.42. The van der Waals surface area contributed by atoms with Gasteiger partial charge < -0.3 is 24.8 Å². The molecule has 1 amide bonds. The van der Waals surface area contributed by atoms with E-state index in [2.05, 4.69) is 5.32 Å². The molecule has 138 valence electrons. The second-order valence-electron chi connectivity index (χ2n) is 7.06. The highest BCUT2D eigenvalue weighted by molar-refractivity contribution is 5.69. The van der Waals surface area contributed by atoms with E-state index >= 15 is 0 Å². The summed E-state index contributed by atoms with van der Waals surface area (Å²) >= 11 is 0. The van der Waals surface area contributed by atoms with Crippen molar-refractivity contribution in [2.24, 2.45) is 0 Å². The van der Waals surface area contributed by atoms with Crippen molar-refractivity contribution < 1.29 is 24.2 Å². The SMILES string of the molecule is CC(C)(C)OC(=O)N1CCC(Nc2ccccc2OCC(=O)O)CC1. The number of aliphatic carboxylic acids is 1. The van der Waals surface area contributed by atoms with Crippen LogP contribution < -0.4 is 10.1 Å². The zero-order chi connectivity index (χ0) is 18.4. The van der Waals surface area contributed by atoms with Crippen molar-refractivity contribution in [1.29, 1.82) is 0 Å². The molecular weight excluding hydrogens is 324 g/mol. The number of carbonyl (C=O) groups is 2. The molecule has 0 spiro atoms. The number of amides is 1. The first kappa shape index (κ1) is 18.9. The van der Waals surface area contributed by atoms with E-state index in [-0.39, 0.29) is 18.7 Å². The number of anilines is 1. The maximum Gasteiger partial charge on any atom is 0.410 e. The maximum absolute atomic E-state index is 12.1. The number of hydrogen-bond acceptors (Lipinski definition) is 5. The molecule has 0 bridgehead atoms. The third-order valence-electron chi connectivity index (χ3n) is 3.74. The Kier molecular flexibility index (Phi) is 6.12. The molecule has 1 aromatic rings. The van der Waals surface area contributed by atoms with Gasteiger partial charge in [-0.2, -0.15) is 0 Å². The van der Waals surface area contributed by atoms with Crippen LogP contribution in [0.3, 0.4) is 0 Å². The second-order valence-corrected chi connectivity index (χ2v) is 7.06. The number of hydrogen-bond donors (Lipinski definition) is 2. The Hall–Kier alpha value is -2.44. The van der Waals surface area contributed by atoms with Crippen molar-refractivity contribution in [2.45, 2.75) is 45.3 Å². The quantitative estimate of drug-likeness (QED) is 0.849. The van der Waals surface area contributed by atoms with E-state index in [0.717, 1.165) is 18.5 Å². The second kappa shape index (κ2) is 8.09. The van der Waals surface area contributed by atoms with Crippen LogP contribution in [-0.4, -0.2) is 53.4 Å². The fourth-order valence-electron chi connectivity index (χ4n) is 2.60. The number of carbonyl (C=O) groups excluding carboxylic acids is 1. The Morgan fingerprint density at radius 2 is 1.88 bits per heavy atom. The van der Waals surface area contributed by atoms with Crippen LogP contribution in [0.5, 0.6) is 5.75 Å². The molecule has 1 fully saturated rings. The van der Waals surface area contributed by atoms with Crippen LogP contribution in [-0.2, 0) is 9.53 Å². The van der Waals surface area contributed by atoms with Gasteiger partial charge in [-0.25, -0.2) is 9.59 Å². The lowest BCUT2D eigenvalue weighted by atomic mass is 10.0. The highest BCUT2D eigenvalue weighted by Gasteiger charge is 2.27. The van der Waals surface area contributed by atoms with Gasteiger partial charge in [-0.1, -0.05) is 12.1 Å². The fourth-order valence-corrected chi connectivity index (χ4v) is 2.60. The normalized spacial score (nSPS) is 15.6. The highest BCUT2D eigenvalue weighted by atomic mass is 16.6. The average molecular weight is 350 g/mol. The Morgan fingerprint density at radius 3 is 2.48 bits per heavy atom. The van der Waals surface area contributed by atoms with Crippen LogP contribution in [0, 0.1) is 0 Å². The summed E-state index contributed by atoms with van der Waals surface area (Å²) in [5.74, 6) is -0.500. The van der Waals surface area contributed by atoms with Crippen LogP contribution in [0.25, 0.3) is 0 Å². The summed E-state index contributed by atoms with van der Waals surface area (Å²) in [5, 5.41) is 12.1. The standard InChI is InChI=1S/C18H26N2O5/c1-18(2,3)25-17(23)20-10-8-13(9-11-20)19-14-6-4-5-7-15(14)24-12-16(21)22/h4-7,13,19H,8-12H2,1-3H3,(H,21,22). The molecule has 7 heteroatoms. The van der Waals surface area contributed by atoms with E-state index in [1.165, 1.54) is 0 Å². The predicted octanol–water partition coefficient (Wildman–Crippen LogP) is 2.96. The number of likely N-dealkylation sites (tertiary alicyclic amines) is 1. The number of rotatable bonds is 5. The zero-order valence-electron chi connectivity index (χ0n) is 14.9. The molecule has 25 heavy (non-hydrogen) atoms. The van der Waals surface area contributed by atoms with Gasteiger partial charge in [0, 0.05) is 19.1 Å². The van der Waals surface area contributed by atoms with Gasteiger partial charge in [-0.3, -0.25) is 0 Å². The minimum absolute atomic E-state index is 0.188. The van der Waals surface area contributed by atoms with Crippen LogP contribution >= 0.6 is 0 Å². The Balaban J connectivity index is 1.88. The van der Waals surface area contributed by atoms with Crippen LogP contribution in [0.2, 0.25) is 0 Å². The van der Waals surface area contributed by atoms with Crippen molar-refractivity contribution in [3.63, 3.8) is 0 Å². The van der Waals surface area contributed by atoms with Crippen LogP contribution in [0.4, 0.5) is 10.5 Å². The molecule has 2 N–H and O–H groups in total. The van der Waals surface area contributed by atoms with Crippen molar-refractivity contribution in [1.82, 2.24) is 4.90 Å². The number of carboxylic acid groups (broad SMARTS) is 1. The van der Waals surface area contributed by atoms with E-state index in [9.17, 15) is 9.59 Å². The van der Waals surface area contributed by atoms with Gasteiger partial charge in [0.25, 0.3) is 0 Å². The number of carboxylic acids is 1. The van der Waals surface area contributed by atoms with Crippen molar-refractivity contribution in [2.75, 3.05) is 25.0 Å². The molecule has 0 atom stereocenters. The molecule has 0 saturated carbocycles. The summed E-state index contributed by atoms with van der Waals surface area (Å²) in [7, 11) is 0. The largest absolute Gasteiger partial charge is 0.480 e. The summed E-state index contributed by atoms with van der Waals surface area (Å²) in [4.78, 5) is 24.5. The Bertz CT molecular complexity index is 604. The van der Waals surface area contributed by atoms with E-state index in [0.29, 0.717) is 18.8 Å². The molecule has 0 aromatic heterocycles. The Morgan fingerprint density at radius 1 is 1.24 bits per heavy atom. The molecule has 0 unspecified atom stereocenters. The van der Waals surface area contributed by atoms with E-state index in [1.807, 2.05) is 32.9 Å². The molecule has 0 aliphatic carbocycles. The number of piperidine rings is 1. The van der Waals surface area contributed by atoms with Gasteiger partial charge in [0.15, 0.2) is 6.61 Å². The number of benzene rings is 1. The smallest absolute Gasteiger partial charge is 0.410 e. The Labute approximate surface area is 147 Å². The summed E-state index contributed by atoms with van der Waals surface area (Å²) < 4.78 is 10.7. The van der Waals surface area contributed by atoms with Crippen LogP contribution in [0.15, 0.2) is 24.3 Å². The predicted molar refractivity (Wildman–Crippen MR) is 94.0 cm³/mol. The van der Waals surface area contributed by atoms with E-state index < -0.39 is 11.6 Å². The van der Waals surface area contributed by atoms with Crippen LogP contribution in [0.1, 0.15) is 33.6 Å². The molecule has 1 aliphatic heterocycles. The first-order chi connectivity index (χ1) is 11.7. The number of nitrogens with one attached hydrogen (secondary N) is 1. The number of ether oxygens (including phenoxy) is 2. The van der Waals surface area contributed by atoms with Gasteiger partial charge >= 0.3 is 12.1 Å². The maximum atomic E-state index is 12.1. The zero-order valence-corrected chi connectivity index (χ0v) is 14.9. The fraction of sp³-hybridized carbons (Fsp3) is 0.556. The summed E-state index contributed by atoms with van der Waals surface area (Å²) in [6.07, 6.45) is 1.29. The number of nitrogens with zero attached hydrogens (tertiary/aromatic N) is 1. The molecule has 1 saturated heterocycles. The molecular formula is C18H26N2O5. The highest BCUT2D eigenvalue weighted by Crippen LogP contribution is 2.27. The molecule has 1 heterocycles. The van der Waals surface area contributed by atoms with Gasteiger partial charge in [-0.05, 0) is 45.7 Å².